The fourth-order valence-corrected chi connectivity index (χ4v) is 5.92. The lowest BCUT2D eigenvalue weighted by Crippen LogP contribution is -2.36. The standard InChI is InChI=1S/C22H23NO3/c1-26-17-8-3-2-5-14(17)21-19-13-10-9-12(11-13)18(19)15-6-4-7-16(22(24)25)20(15)23-21/h2-8,12-13,18-19,21,23H,9-11H2,1H3,(H,24,25)/t12-,13-,18-,19-,21-/m0/s1. The maximum absolute atomic E-state index is 11.8. The van der Waals surface area contributed by atoms with Crippen molar-refractivity contribution in [3.8, 4) is 5.75 Å². The summed E-state index contributed by atoms with van der Waals surface area (Å²) < 4.78 is 5.64. The molecule has 0 amide bonds. The van der Waals surface area contributed by atoms with Crippen molar-refractivity contribution in [1.29, 1.82) is 0 Å². The first-order valence-electron chi connectivity index (χ1n) is 9.44. The minimum atomic E-state index is -0.866. The van der Waals surface area contributed by atoms with Crippen LogP contribution in [-0.4, -0.2) is 18.2 Å². The number of aromatic carboxylic acids is 1. The Morgan fingerprint density at radius 1 is 1.08 bits per heavy atom. The second-order valence-electron chi connectivity index (χ2n) is 7.88. The van der Waals surface area contributed by atoms with E-state index < -0.39 is 5.97 Å². The van der Waals surface area contributed by atoms with Gasteiger partial charge in [-0.2, -0.15) is 0 Å². The summed E-state index contributed by atoms with van der Waals surface area (Å²) >= 11 is 0. The number of methoxy groups -OCH3 is 1. The number of benzene rings is 2. The van der Waals surface area contributed by atoms with E-state index in [-0.39, 0.29) is 6.04 Å². The zero-order valence-electron chi connectivity index (χ0n) is 14.8. The number of carboxylic acids is 1. The number of carbonyl (C=O) groups is 1. The largest absolute Gasteiger partial charge is 0.496 e. The van der Waals surface area contributed by atoms with E-state index in [0.29, 0.717) is 29.2 Å². The molecule has 4 nitrogen and oxygen atoms in total. The second-order valence-corrected chi connectivity index (χ2v) is 7.88. The van der Waals surface area contributed by atoms with Crippen molar-refractivity contribution in [3.05, 3.63) is 59.2 Å². The molecule has 0 saturated heterocycles. The highest BCUT2D eigenvalue weighted by atomic mass is 16.5. The van der Waals surface area contributed by atoms with Gasteiger partial charge in [-0.1, -0.05) is 30.3 Å². The number of anilines is 1. The Bertz CT molecular complexity index is 877. The molecule has 3 aliphatic rings. The van der Waals surface area contributed by atoms with Crippen LogP contribution >= 0.6 is 0 Å². The topological polar surface area (TPSA) is 58.6 Å². The van der Waals surface area contributed by atoms with Gasteiger partial charge < -0.3 is 15.2 Å². The van der Waals surface area contributed by atoms with Gasteiger partial charge in [-0.25, -0.2) is 4.79 Å². The number of hydrogen-bond acceptors (Lipinski definition) is 3. The van der Waals surface area contributed by atoms with Gasteiger partial charge in [-0.15, -0.1) is 0 Å². The molecule has 2 saturated carbocycles. The van der Waals surface area contributed by atoms with Gasteiger partial charge in [0.2, 0.25) is 0 Å². The third-order valence-electron chi connectivity index (χ3n) is 6.83. The SMILES string of the molecule is COc1ccccc1[C@@H]1Nc2c(C(=O)O)cccc2[C@@H]2[C@H]3CC[C@@H](C3)[C@@H]21. The number of nitrogens with one attached hydrogen (secondary N) is 1. The van der Waals surface area contributed by atoms with E-state index in [2.05, 4.69) is 17.4 Å². The number of fused-ring (bicyclic) bond motifs is 7. The molecular formula is C22H23NO3. The summed E-state index contributed by atoms with van der Waals surface area (Å²) in [7, 11) is 1.70. The average Bonchev–Trinajstić information content (AvgIpc) is 3.29. The Hall–Kier alpha value is -2.49. The second kappa shape index (κ2) is 5.76. The minimum absolute atomic E-state index is 0.0967. The van der Waals surface area contributed by atoms with Crippen molar-refractivity contribution in [2.75, 3.05) is 12.4 Å². The molecule has 2 aromatic rings. The van der Waals surface area contributed by atoms with Crippen LogP contribution in [0.1, 0.15) is 52.7 Å². The van der Waals surface area contributed by atoms with Crippen molar-refractivity contribution in [3.63, 3.8) is 0 Å². The monoisotopic (exact) mass is 349 g/mol. The zero-order chi connectivity index (χ0) is 17.8. The summed E-state index contributed by atoms with van der Waals surface area (Å²) in [6, 6.07) is 14.0. The highest BCUT2D eigenvalue weighted by Gasteiger charge is 2.54. The Balaban J connectivity index is 1.69. The summed E-state index contributed by atoms with van der Waals surface area (Å²) in [4.78, 5) is 11.8. The van der Waals surface area contributed by atoms with Crippen LogP contribution in [0.2, 0.25) is 0 Å². The molecular weight excluding hydrogens is 326 g/mol. The van der Waals surface area contributed by atoms with E-state index in [1.807, 2.05) is 24.3 Å². The Labute approximate surface area is 153 Å². The number of ether oxygens (including phenoxy) is 1. The molecule has 26 heavy (non-hydrogen) atoms. The van der Waals surface area contributed by atoms with Crippen LogP contribution in [0.4, 0.5) is 5.69 Å². The summed E-state index contributed by atoms with van der Waals surface area (Å²) in [6.45, 7) is 0. The summed E-state index contributed by atoms with van der Waals surface area (Å²) in [5, 5.41) is 13.3. The molecule has 0 radical (unpaired) electrons. The van der Waals surface area contributed by atoms with Gasteiger partial charge in [0.15, 0.2) is 0 Å². The van der Waals surface area contributed by atoms with Crippen molar-refractivity contribution < 1.29 is 14.6 Å². The summed E-state index contributed by atoms with van der Waals surface area (Å²) in [5.41, 5.74) is 3.53. The van der Waals surface area contributed by atoms with E-state index in [1.54, 1.807) is 13.2 Å². The average molecular weight is 349 g/mol. The normalized spacial score (nSPS) is 31.0. The molecule has 1 heterocycles. The maximum atomic E-state index is 11.8. The lowest BCUT2D eigenvalue weighted by atomic mass is 9.67. The number of carboxylic acid groups (broad SMARTS) is 1. The summed E-state index contributed by atoms with van der Waals surface area (Å²) in [5.74, 6) is 2.33. The van der Waals surface area contributed by atoms with Crippen LogP contribution in [-0.2, 0) is 0 Å². The van der Waals surface area contributed by atoms with Crippen LogP contribution in [0, 0.1) is 17.8 Å². The van der Waals surface area contributed by atoms with Gasteiger partial charge in [-0.3, -0.25) is 0 Å². The van der Waals surface area contributed by atoms with Crippen molar-refractivity contribution in [2.24, 2.45) is 17.8 Å². The van der Waals surface area contributed by atoms with E-state index in [1.165, 1.54) is 24.8 Å². The van der Waals surface area contributed by atoms with Gasteiger partial charge in [-0.05, 0) is 60.6 Å². The van der Waals surface area contributed by atoms with Crippen LogP contribution in [0.25, 0.3) is 0 Å². The van der Waals surface area contributed by atoms with E-state index in [0.717, 1.165) is 17.0 Å². The predicted molar refractivity (Wildman–Crippen MR) is 99.8 cm³/mol. The highest BCUT2D eigenvalue weighted by molar-refractivity contribution is 5.95. The highest BCUT2D eigenvalue weighted by Crippen LogP contribution is 2.64. The molecule has 4 heteroatoms. The fraction of sp³-hybridized carbons (Fsp3) is 0.409. The number of hydrogen-bond donors (Lipinski definition) is 2. The van der Waals surface area contributed by atoms with Gasteiger partial charge in [0.05, 0.1) is 24.4 Å². The third-order valence-corrected chi connectivity index (χ3v) is 6.83. The first-order valence-corrected chi connectivity index (χ1v) is 9.44. The summed E-state index contributed by atoms with van der Waals surface area (Å²) in [6.07, 6.45) is 3.81. The van der Waals surface area contributed by atoms with Crippen LogP contribution in [0.5, 0.6) is 5.75 Å². The Kier molecular flexibility index (Phi) is 3.49. The quantitative estimate of drug-likeness (QED) is 0.844. The van der Waals surface area contributed by atoms with E-state index in [9.17, 15) is 9.90 Å². The molecule has 0 spiro atoms. The van der Waals surface area contributed by atoms with Crippen molar-refractivity contribution in [2.45, 2.75) is 31.2 Å². The molecule has 2 bridgehead atoms. The van der Waals surface area contributed by atoms with Crippen molar-refractivity contribution in [1.82, 2.24) is 0 Å². The molecule has 0 unspecified atom stereocenters. The molecule has 5 atom stereocenters. The molecule has 134 valence electrons. The minimum Gasteiger partial charge on any atom is -0.496 e. The first kappa shape index (κ1) is 15.7. The van der Waals surface area contributed by atoms with Crippen LogP contribution in [0.3, 0.4) is 0 Å². The van der Waals surface area contributed by atoms with Crippen LogP contribution < -0.4 is 10.1 Å². The molecule has 2 aliphatic carbocycles. The van der Waals surface area contributed by atoms with E-state index >= 15 is 0 Å². The fourth-order valence-electron chi connectivity index (χ4n) is 5.92. The van der Waals surface area contributed by atoms with Gasteiger partial charge in [0.25, 0.3) is 0 Å². The Morgan fingerprint density at radius 3 is 2.65 bits per heavy atom. The van der Waals surface area contributed by atoms with E-state index in [4.69, 9.17) is 4.74 Å². The number of rotatable bonds is 3. The predicted octanol–water partition coefficient (Wildman–Crippen LogP) is 4.69. The van der Waals surface area contributed by atoms with Gasteiger partial charge in [0, 0.05) is 5.56 Å². The van der Waals surface area contributed by atoms with Crippen LogP contribution in [0.15, 0.2) is 42.5 Å². The molecule has 5 rings (SSSR count). The lowest BCUT2D eigenvalue weighted by Gasteiger charge is -2.44. The first-order chi connectivity index (χ1) is 12.7. The maximum Gasteiger partial charge on any atom is 0.337 e. The molecule has 1 aliphatic heterocycles. The molecule has 2 fully saturated rings. The molecule has 2 N–H and O–H groups in total. The number of para-hydroxylation sites is 2. The van der Waals surface area contributed by atoms with Gasteiger partial charge in [0.1, 0.15) is 5.75 Å². The smallest absolute Gasteiger partial charge is 0.337 e. The van der Waals surface area contributed by atoms with Gasteiger partial charge >= 0.3 is 5.97 Å². The lowest BCUT2D eigenvalue weighted by molar-refractivity contribution is 0.0697. The molecule has 2 aromatic carbocycles. The van der Waals surface area contributed by atoms with Crippen molar-refractivity contribution >= 4 is 11.7 Å². The third kappa shape index (κ3) is 2.11. The Morgan fingerprint density at radius 2 is 1.85 bits per heavy atom. The zero-order valence-corrected chi connectivity index (χ0v) is 14.8. The molecule has 0 aromatic heterocycles.